The lowest BCUT2D eigenvalue weighted by Crippen LogP contribution is -2.25. The van der Waals surface area contributed by atoms with E-state index in [0.717, 1.165) is 11.3 Å². The van der Waals surface area contributed by atoms with E-state index in [-0.39, 0.29) is 10.8 Å². The lowest BCUT2D eigenvalue weighted by atomic mass is 10.3. The lowest BCUT2D eigenvalue weighted by Gasteiger charge is -2.01. The number of rotatable bonds is 4. The van der Waals surface area contributed by atoms with Crippen molar-refractivity contribution in [3.05, 3.63) is 21.9 Å². The molecule has 0 spiro atoms. The summed E-state index contributed by atoms with van der Waals surface area (Å²) in [5, 5.41) is 11.5. The Morgan fingerprint density at radius 1 is 1.50 bits per heavy atom. The van der Waals surface area contributed by atoms with E-state index in [1.807, 2.05) is 0 Å². The van der Waals surface area contributed by atoms with Crippen LogP contribution >= 0.6 is 11.3 Å². The molecule has 4 nitrogen and oxygen atoms in total. The maximum Gasteiger partial charge on any atom is 0.345 e. The molecule has 1 aliphatic carbocycles. The number of hydrogen-bond donors (Lipinski definition) is 2. The number of aromatic carboxylic acids is 1. The number of nitrogens with one attached hydrogen (secondary N) is 1. The van der Waals surface area contributed by atoms with Crippen LogP contribution in [0, 0.1) is 11.8 Å². The first-order chi connectivity index (χ1) is 7.58. The maximum atomic E-state index is 11.6. The molecule has 86 valence electrons. The molecule has 0 radical (unpaired) electrons. The molecule has 1 aromatic rings. The molecule has 0 saturated heterocycles. The maximum absolute atomic E-state index is 11.6. The molecule has 2 atom stereocenters. The van der Waals surface area contributed by atoms with Crippen LogP contribution in [-0.2, 0) is 0 Å². The highest BCUT2D eigenvalue weighted by molar-refractivity contribution is 7.15. The van der Waals surface area contributed by atoms with E-state index in [1.165, 1.54) is 12.5 Å². The van der Waals surface area contributed by atoms with E-state index in [0.29, 0.717) is 23.3 Å². The molecule has 16 heavy (non-hydrogen) atoms. The molecule has 0 aliphatic heterocycles. The molecular weight excluding hydrogens is 226 g/mol. The first-order valence-corrected chi connectivity index (χ1v) is 6.01. The van der Waals surface area contributed by atoms with Gasteiger partial charge >= 0.3 is 5.97 Å². The van der Waals surface area contributed by atoms with Crippen molar-refractivity contribution in [2.75, 3.05) is 6.54 Å². The van der Waals surface area contributed by atoms with Gasteiger partial charge in [-0.3, -0.25) is 4.79 Å². The molecule has 2 N–H and O–H groups in total. The number of hydrogen-bond acceptors (Lipinski definition) is 3. The second-order valence-electron chi connectivity index (χ2n) is 4.15. The lowest BCUT2D eigenvalue weighted by molar-refractivity contribution is 0.0702. The van der Waals surface area contributed by atoms with Gasteiger partial charge in [-0.25, -0.2) is 4.79 Å². The first-order valence-electron chi connectivity index (χ1n) is 5.19. The number of carboxylic acids is 1. The van der Waals surface area contributed by atoms with E-state index in [2.05, 4.69) is 12.2 Å². The number of carbonyl (C=O) groups excluding carboxylic acids is 1. The minimum atomic E-state index is -0.986. The Labute approximate surface area is 97.3 Å². The van der Waals surface area contributed by atoms with Gasteiger partial charge in [-0.15, -0.1) is 11.3 Å². The van der Waals surface area contributed by atoms with Crippen molar-refractivity contribution in [2.45, 2.75) is 13.3 Å². The summed E-state index contributed by atoms with van der Waals surface area (Å²) in [5.74, 6) is 0.150. The van der Waals surface area contributed by atoms with Crippen LogP contribution in [0.5, 0.6) is 0 Å². The minimum Gasteiger partial charge on any atom is -0.477 e. The molecule has 2 rings (SSSR count). The van der Waals surface area contributed by atoms with Gasteiger partial charge in [0.2, 0.25) is 0 Å². The van der Waals surface area contributed by atoms with Crippen molar-refractivity contribution in [1.29, 1.82) is 0 Å². The summed E-state index contributed by atoms with van der Waals surface area (Å²) in [7, 11) is 0. The number of amides is 1. The number of carbonyl (C=O) groups is 2. The van der Waals surface area contributed by atoms with Crippen LogP contribution in [0.15, 0.2) is 12.1 Å². The summed E-state index contributed by atoms with van der Waals surface area (Å²) >= 11 is 1.01. The summed E-state index contributed by atoms with van der Waals surface area (Å²) in [5.41, 5.74) is 0. The van der Waals surface area contributed by atoms with Crippen LogP contribution in [0.3, 0.4) is 0 Å². The van der Waals surface area contributed by atoms with Crippen molar-refractivity contribution in [3.63, 3.8) is 0 Å². The Hall–Kier alpha value is -1.36. The molecule has 1 fully saturated rings. The molecular formula is C11H13NO3S. The highest BCUT2D eigenvalue weighted by atomic mass is 32.1. The van der Waals surface area contributed by atoms with Crippen molar-refractivity contribution < 1.29 is 14.7 Å². The van der Waals surface area contributed by atoms with Gasteiger partial charge in [0.05, 0.1) is 4.88 Å². The van der Waals surface area contributed by atoms with E-state index in [4.69, 9.17) is 5.11 Å². The molecule has 1 amide bonds. The molecule has 0 aromatic carbocycles. The zero-order valence-corrected chi connectivity index (χ0v) is 9.71. The molecule has 1 heterocycles. The van der Waals surface area contributed by atoms with Crippen LogP contribution in [0.2, 0.25) is 0 Å². The molecule has 1 saturated carbocycles. The fourth-order valence-electron chi connectivity index (χ4n) is 1.57. The normalized spacial score (nSPS) is 22.8. The summed E-state index contributed by atoms with van der Waals surface area (Å²) in [6.45, 7) is 2.85. The topological polar surface area (TPSA) is 66.4 Å². The monoisotopic (exact) mass is 239 g/mol. The van der Waals surface area contributed by atoms with Crippen molar-refractivity contribution in [3.8, 4) is 0 Å². The predicted octanol–water partition coefficient (Wildman–Crippen LogP) is 1.83. The third-order valence-electron chi connectivity index (χ3n) is 2.84. The van der Waals surface area contributed by atoms with Crippen molar-refractivity contribution in [2.24, 2.45) is 11.8 Å². The van der Waals surface area contributed by atoms with Crippen LogP contribution in [0.1, 0.15) is 32.7 Å². The number of thiophene rings is 1. The largest absolute Gasteiger partial charge is 0.477 e. The molecule has 0 bridgehead atoms. The highest BCUT2D eigenvalue weighted by Gasteiger charge is 2.32. The molecule has 5 heteroatoms. The van der Waals surface area contributed by atoms with Gasteiger partial charge in [0.1, 0.15) is 4.88 Å². The minimum absolute atomic E-state index is 0.170. The Kier molecular flexibility index (Phi) is 2.96. The van der Waals surface area contributed by atoms with Crippen LogP contribution in [0.4, 0.5) is 0 Å². The standard InChI is InChI=1S/C11H13NO3S/c1-6-4-7(6)5-12-10(13)8-2-3-9(16-8)11(14)15/h2-3,6-7H,4-5H2,1H3,(H,12,13)(H,14,15). The van der Waals surface area contributed by atoms with Gasteiger partial charge in [0.15, 0.2) is 0 Å². The average molecular weight is 239 g/mol. The van der Waals surface area contributed by atoms with E-state index >= 15 is 0 Å². The summed E-state index contributed by atoms with van der Waals surface area (Å²) in [4.78, 5) is 22.9. The highest BCUT2D eigenvalue weighted by Crippen LogP contribution is 2.36. The Morgan fingerprint density at radius 3 is 2.62 bits per heavy atom. The molecule has 1 aliphatic rings. The van der Waals surface area contributed by atoms with Crippen LogP contribution in [0.25, 0.3) is 0 Å². The Balaban J connectivity index is 1.90. The zero-order chi connectivity index (χ0) is 11.7. The fraction of sp³-hybridized carbons (Fsp3) is 0.455. The smallest absolute Gasteiger partial charge is 0.345 e. The molecule has 2 unspecified atom stereocenters. The van der Waals surface area contributed by atoms with Crippen molar-refractivity contribution in [1.82, 2.24) is 5.32 Å². The van der Waals surface area contributed by atoms with Crippen LogP contribution < -0.4 is 5.32 Å². The van der Waals surface area contributed by atoms with E-state index in [1.54, 1.807) is 6.07 Å². The Morgan fingerprint density at radius 2 is 2.12 bits per heavy atom. The molecule has 1 aromatic heterocycles. The predicted molar refractivity (Wildman–Crippen MR) is 60.9 cm³/mol. The van der Waals surface area contributed by atoms with E-state index in [9.17, 15) is 9.59 Å². The summed E-state index contributed by atoms with van der Waals surface area (Å²) in [6.07, 6.45) is 1.17. The zero-order valence-electron chi connectivity index (χ0n) is 8.90. The third-order valence-corrected chi connectivity index (χ3v) is 3.91. The summed E-state index contributed by atoms with van der Waals surface area (Å²) in [6, 6.07) is 3.02. The van der Waals surface area contributed by atoms with Crippen molar-refractivity contribution >= 4 is 23.2 Å². The van der Waals surface area contributed by atoms with Gasteiger partial charge in [-0.05, 0) is 30.4 Å². The van der Waals surface area contributed by atoms with E-state index < -0.39 is 5.97 Å². The first kappa shape index (κ1) is 11.1. The van der Waals surface area contributed by atoms with Gasteiger partial charge < -0.3 is 10.4 Å². The number of carboxylic acid groups (broad SMARTS) is 1. The van der Waals surface area contributed by atoms with Gasteiger partial charge in [0.25, 0.3) is 5.91 Å². The Bertz CT molecular complexity index is 427. The third kappa shape index (κ3) is 2.41. The van der Waals surface area contributed by atoms with Gasteiger partial charge in [-0.1, -0.05) is 6.92 Å². The van der Waals surface area contributed by atoms with Crippen LogP contribution in [-0.4, -0.2) is 23.5 Å². The van der Waals surface area contributed by atoms with Gasteiger partial charge in [-0.2, -0.15) is 0 Å². The summed E-state index contributed by atoms with van der Waals surface area (Å²) < 4.78 is 0. The SMILES string of the molecule is CC1CC1CNC(=O)c1ccc(C(=O)O)s1. The van der Waals surface area contributed by atoms with Gasteiger partial charge in [0, 0.05) is 6.54 Å². The second kappa shape index (κ2) is 4.25. The quantitative estimate of drug-likeness (QED) is 0.842. The second-order valence-corrected chi connectivity index (χ2v) is 5.24. The average Bonchev–Trinajstić information content (AvgIpc) is 2.78. The fourth-order valence-corrected chi connectivity index (χ4v) is 2.33.